The Hall–Kier alpha value is -1.60. The predicted octanol–water partition coefficient (Wildman–Crippen LogP) is 1.78. The van der Waals surface area contributed by atoms with Gasteiger partial charge in [-0.2, -0.15) is 5.26 Å². The summed E-state index contributed by atoms with van der Waals surface area (Å²) in [5.41, 5.74) is 0.313. The van der Waals surface area contributed by atoms with Gasteiger partial charge in [0.05, 0.1) is 11.6 Å². The Morgan fingerprint density at radius 1 is 1.56 bits per heavy atom. The molecule has 1 aliphatic rings. The molecule has 0 aliphatic carbocycles. The van der Waals surface area contributed by atoms with Crippen LogP contribution in [0.5, 0.6) is 5.75 Å². The van der Waals surface area contributed by atoms with Crippen LogP contribution in [0.2, 0.25) is 0 Å². The molecule has 3 nitrogen and oxygen atoms in total. The summed E-state index contributed by atoms with van der Waals surface area (Å²) in [6.07, 6.45) is 0.961. The van der Waals surface area contributed by atoms with Crippen LogP contribution in [0.25, 0.3) is 0 Å². The van der Waals surface area contributed by atoms with Crippen molar-refractivity contribution >= 4 is 0 Å². The number of halogens is 1. The van der Waals surface area contributed by atoms with E-state index < -0.39 is 5.82 Å². The zero-order valence-corrected chi connectivity index (χ0v) is 9.11. The molecule has 0 saturated carbocycles. The van der Waals surface area contributed by atoms with Crippen molar-refractivity contribution in [1.82, 2.24) is 4.90 Å². The third kappa shape index (κ3) is 2.31. The average Bonchev–Trinajstić information content (AvgIpc) is 2.67. The summed E-state index contributed by atoms with van der Waals surface area (Å²) in [6.45, 7) is 1.79. The van der Waals surface area contributed by atoms with Crippen LogP contribution >= 0.6 is 0 Å². The van der Waals surface area contributed by atoms with E-state index in [1.54, 1.807) is 6.07 Å². The van der Waals surface area contributed by atoms with E-state index in [2.05, 4.69) is 4.90 Å². The van der Waals surface area contributed by atoms with Crippen molar-refractivity contribution in [2.75, 3.05) is 20.1 Å². The van der Waals surface area contributed by atoms with Gasteiger partial charge in [-0.3, -0.25) is 0 Å². The van der Waals surface area contributed by atoms with Crippen LogP contribution in [0.15, 0.2) is 18.2 Å². The second-order valence-corrected chi connectivity index (χ2v) is 4.05. The van der Waals surface area contributed by atoms with Gasteiger partial charge in [0, 0.05) is 13.1 Å². The van der Waals surface area contributed by atoms with Gasteiger partial charge < -0.3 is 9.64 Å². The second-order valence-electron chi connectivity index (χ2n) is 4.05. The summed E-state index contributed by atoms with van der Waals surface area (Å²) in [7, 11) is 2.01. The molecule has 16 heavy (non-hydrogen) atoms. The van der Waals surface area contributed by atoms with E-state index >= 15 is 0 Å². The number of nitriles is 1. The molecule has 0 amide bonds. The van der Waals surface area contributed by atoms with Gasteiger partial charge in [-0.15, -0.1) is 0 Å². The number of hydrogen-bond acceptors (Lipinski definition) is 3. The molecule has 84 valence electrons. The molecule has 1 heterocycles. The molecular formula is C12H13FN2O. The topological polar surface area (TPSA) is 36.3 Å². The minimum Gasteiger partial charge on any atom is -0.486 e. The molecule has 1 atom stereocenters. The lowest BCUT2D eigenvalue weighted by Gasteiger charge is -2.14. The first-order valence-electron chi connectivity index (χ1n) is 5.24. The minimum absolute atomic E-state index is 0.0486. The van der Waals surface area contributed by atoms with E-state index in [0.717, 1.165) is 19.5 Å². The van der Waals surface area contributed by atoms with Crippen LogP contribution in [-0.4, -0.2) is 31.1 Å². The highest BCUT2D eigenvalue weighted by Gasteiger charge is 2.21. The van der Waals surface area contributed by atoms with E-state index in [4.69, 9.17) is 10.00 Å². The number of likely N-dealkylation sites (tertiary alicyclic amines) is 1. The lowest BCUT2D eigenvalue weighted by molar-refractivity contribution is 0.199. The van der Waals surface area contributed by atoms with E-state index in [0.29, 0.717) is 5.56 Å². The molecule has 0 bridgehead atoms. The van der Waals surface area contributed by atoms with E-state index in [9.17, 15) is 4.39 Å². The molecule has 1 aliphatic heterocycles. The van der Waals surface area contributed by atoms with Crippen molar-refractivity contribution in [3.63, 3.8) is 0 Å². The average molecular weight is 220 g/mol. The molecule has 0 radical (unpaired) electrons. The monoisotopic (exact) mass is 220 g/mol. The maximum Gasteiger partial charge on any atom is 0.166 e. The summed E-state index contributed by atoms with van der Waals surface area (Å²) >= 11 is 0. The number of nitrogens with zero attached hydrogens (tertiary/aromatic N) is 2. The quantitative estimate of drug-likeness (QED) is 0.762. The van der Waals surface area contributed by atoms with Gasteiger partial charge in [0.1, 0.15) is 6.10 Å². The third-order valence-corrected chi connectivity index (χ3v) is 2.70. The first-order valence-corrected chi connectivity index (χ1v) is 5.24. The van der Waals surface area contributed by atoms with Gasteiger partial charge in [0.25, 0.3) is 0 Å². The largest absolute Gasteiger partial charge is 0.486 e. The summed E-state index contributed by atoms with van der Waals surface area (Å²) in [4.78, 5) is 2.15. The van der Waals surface area contributed by atoms with Gasteiger partial charge in [-0.1, -0.05) is 0 Å². The van der Waals surface area contributed by atoms with Gasteiger partial charge in [-0.05, 0) is 31.7 Å². The van der Waals surface area contributed by atoms with Crippen molar-refractivity contribution in [2.45, 2.75) is 12.5 Å². The Kier molecular flexibility index (Phi) is 3.07. The second kappa shape index (κ2) is 4.50. The molecule has 1 unspecified atom stereocenters. The Balaban J connectivity index is 2.08. The van der Waals surface area contributed by atoms with Gasteiger partial charge in [-0.25, -0.2) is 4.39 Å². The Morgan fingerprint density at radius 2 is 2.38 bits per heavy atom. The number of likely N-dealkylation sites (N-methyl/N-ethyl adjacent to an activating group) is 1. The fourth-order valence-corrected chi connectivity index (χ4v) is 1.84. The molecule has 0 aromatic heterocycles. The minimum atomic E-state index is -0.464. The molecule has 1 saturated heterocycles. The molecule has 1 aromatic rings. The molecule has 1 fully saturated rings. The highest BCUT2D eigenvalue weighted by Crippen LogP contribution is 2.22. The molecular weight excluding hydrogens is 207 g/mol. The van der Waals surface area contributed by atoms with Crippen LogP contribution in [0, 0.1) is 17.1 Å². The summed E-state index contributed by atoms with van der Waals surface area (Å²) in [6, 6.07) is 6.18. The van der Waals surface area contributed by atoms with Crippen LogP contribution in [-0.2, 0) is 0 Å². The smallest absolute Gasteiger partial charge is 0.166 e. The van der Waals surface area contributed by atoms with E-state index in [1.807, 2.05) is 13.1 Å². The Bertz CT molecular complexity index is 428. The van der Waals surface area contributed by atoms with Crippen molar-refractivity contribution < 1.29 is 9.13 Å². The van der Waals surface area contributed by atoms with Crippen molar-refractivity contribution in [3.8, 4) is 11.8 Å². The maximum absolute atomic E-state index is 13.5. The van der Waals surface area contributed by atoms with Crippen LogP contribution in [0.3, 0.4) is 0 Å². The summed E-state index contributed by atoms with van der Waals surface area (Å²) in [5.74, 6) is -0.229. The van der Waals surface area contributed by atoms with Crippen LogP contribution < -0.4 is 4.74 Å². The van der Waals surface area contributed by atoms with Crippen LogP contribution in [0.4, 0.5) is 4.39 Å². The zero-order valence-electron chi connectivity index (χ0n) is 9.11. The maximum atomic E-state index is 13.5. The van der Waals surface area contributed by atoms with Crippen molar-refractivity contribution in [3.05, 3.63) is 29.6 Å². The first kappa shape index (κ1) is 10.9. The van der Waals surface area contributed by atoms with E-state index in [1.165, 1.54) is 12.1 Å². The number of ether oxygens (including phenoxy) is 1. The SMILES string of the molecule is CN1CCC(Oc2ccc(C#N)cc2F)C1. The molecule has 1 aromatic carbocycles. The molecule has 0 spiro atoms. The molecule has 2 rings (SSSR count). The van der Waals surface area contributed by atoms with Gasteiger partial charge in [0.15, 0.2) is 11.6 Å². The van der Waals surface area contributed by atoms with Gasteiger partial charge >= 0.3 is 0 Å². The number of benzene rings is 1. The number of rotatable bonds is 2. The normalized spacial score (nSPS) is 20.7. The van der Waals surface area contributed by atoms with Crippen molar-refractivity contribution in [1.29, 1.82) is 5.26 Å². The lowest BCUT2D eigenvalue weighted by atomic mass is 10.2. The fourth-order valence-electron chi connectivity index (χ4n) is 1.84. The summed E-state index contributed by atoms with van der Waals surface area (Å²) < 4.78 is 19.0. The molecule has 4 heteroatoms. The third-order valence-electron chi connectivity index (χ3n) is 2.70. The Morgan fingerprint density at radius 3 is 2.94 bits per heavy atom. The lowest BCUT2D eigenvalue weighted by Crippen LogP contribution is -2.21. The summed E-state index contributed by atoms with van der Waals surface area (Å²) in [5, 5.41) is 8.61. The highest BCUT2D eigenvalue weighted by atomic mass is 19.1. The Labute approximate surface area is 94.0 Å². The zero-order chi connectivity index (χ0) is 11.5. The van der Waals surface area contributed by atoms with E-state index in [-0.39, 0.29) is 11.9 Å². The first-order chi connectivity index (χ1) is 7.69. The molecule has 0 N–H and O–H groups in total. The fraction of sp³-hybridized carbons (Fsp3) is 0.417. The number of hydrogen-bond donors (Lipinski definition) is 0. The standard InChI is InChI=1S/C12H13FN2O/c1-15-5-4-10(8-15)16-12-3-2-9(7-14)6-11(12)13/h2-3,6,10H,4-5,8H2,1H3. The highest BCUT2D eigenvalue weighted by molar-refractivity contribution is 5.36. The van der Waals surface area contributed by atoms with Gasteiger partial charge in [0.2, 0.25) is 0 Å². The van der Waals surface area contributed by atoms with Crippen molar-refractivity contribution in [2.24, 2.45) is 0 Å². The predicted molar refractivity (Wildman–Crippen MR) is 57.6 cm³/mol. The van der Waals surface area contributed by atoms with Crippen LogP contribution in [0.1, 0.15) is 12.0 Å².